The lowest BCUT2D eigenvalue weighted by molar-refractivity contribution is 0.0599. The quantitative estimate of drug-likeness (QED) is 0.843. The van der Waals surface area contributed by atoms with Crippen LogP contribution in [-0.2, 0) is 11.2 Å². The lowest BCUT2D eigenvalue weighted by Gasteiger charge is -2.33. The molecule has 1 aromatic rings. The Kier molecular flexibility index (Phi) is 3.68. The predicted octanol–water partition coefficient (Wildman–Crippen LogP) is 1.18. The lowest BCUT2D eigenvalue weighted by Crippen LogP contribution is -2.50. The van der Waals surface area contributed by atoms with E-state index in [2.05, 4.69) is 5.32 Å². The summed E-state index contributed by atoms with van der Waals surface area (Å²) in [7, 11) is 1.37. The fourth-order valence-electron chi connectivity index (χ4n) is 2.84. The molecule has 1 saturated heterocycles. The third-order valence-electron chi connectivity index (χ3n) is 4.06. The highest BCUT2D eigenvalue weighted by molar-refractivity contribution is 5.95. The lowest BCUT2D eigenvalue weighted by atomic mass is 10.1. The van der Waals surface area contributed by atoms with Crippen LogP contribution in [0, 0.1) is 0 Å². The number of hydrogen-bond acceptors (Lipinski definition) is 4. The van der Waals surface area contributed by atoms with Gasteiger partial charge in [-0.3, -0.25) is 4.79 Å². The van der Waals surface area contributed by atoms with Gasteiger partial charge in [0.1, 0.15) is 0 Å². The summed E-state index contributed by atoms with van der Waals surface area (Å²) in [6.45, 7) is 3.06. The molecule has 1 fully saturated rings. The number of nitrogens with zero attached hydrogens (tertiary/aromatic N) is 2. The average Bonchev–Trinajstić information content (AvgIpc) is 3.01. The fraction of sp³-hybridized carbons (Fsp3) is 0.467. The first-order valence-corrected chi connectivity index (χ1v) is 7.18. The van der Waals surface area contributed by atoms with E-state index in [4.69, 9.17) is 4.74 Å². The van der Waals surface area contributed by atoms with Crippen LogP contribution in [0.1, 0.15) is 15.9 Å². The maximum absolute atomic E-state index is 12.5. The number of nitrogens with one attached hydrogen (secondary N) is 1. The number of rotatable bonds is 1. The van der Waals surface area contributed by atoms with Crippen molar-refractivity contribution >= 4 is 17.7 Å². The summed E-state index contributed by atoms with van der Waals surface area (Å²) < 4.78 is 4.70. The Morgan fingerprint density at radius 2 is 1.86 bits per heavy atom. The van der Waals surface area contributed by atoms with Crippen LogP contribution in [0.4, 0.5) is 10.5 Å². The molecule has 21 heavy (non-hydrogen) atoms. The first kappa shape index (κ1) is 13.7. The summed E-state index contributed by atoms with van der Waals surface area (Å²) in [5.74, 6) is 0.0363. The number of ether oxygens (including phenoxy) is 1. The number of fused-ring (bicyclic) bond motifs is 1. The maximum atomic E-state index is 12.5. The van der Waals surface area contributed by atoms with Gasteiger partial charge in [0.25, 0.3) is 5.91 Å². The number of anilines is 1. The predicted molar refractivity (Wildman–Crippen MR) is 78.5 cm³/mol. The van der Waals surface area contributed by atoms with Gasteiger partial charge in [-0.25, -0.2) is 4.79 Å². The molecule has 2 heterocycles. The summed E-state index contributed by atoms with van der Waals surface area (Å²) in [5.41, 5.74) is 3.06. The Morgan fingerprint density at radius 3 is 2.57 bits per heavy atom. The summed E-state index contributed by atoms with van der Waals surface area (Å²) in [6, 6.07) is 5.82. The highest BCUT2D eigenvalue weighted by Crippen LogP contribution is 2.23. The van der Waals surface area contributed by atoms with E-state index in [1.165, 1.54) is 12.7 Å². The molecule has 2 aliphatic rings. The number of piperazine rings is 1. The highest BCUT2D eigenvalue weighted by Gasteiger charge is 2.25. The van der Waals surface area contributed by atoms with Crippen LogP contribution in [0.2, 0.25) is 0 Å². The average molecular weight is 289 g/mol. The molecular formula is C15H19N3O3. The Balaban J connectivity index is 1.65. The number of methoxy groups -OCH3 is 1. The van der Waals surface area contributed by atoms with Crippen molar-refractivity contribution in [2.45, 2.75) is 6.42 Å². The zero-order valence-corrected chi connectivity index (χ0v) is 12.1. The highest BCUT2D eigenvalue weighted by atomic mass is 16.5. The van der Waals surface area contributed by atoms with E-state index >= 15 is 0 Å². The van der Waals surface area contributed by atoms with Crippen LogP contribution in [-0.4, -0.2) is 61.6 Å². The Morgan fingerprint density at radius 1 is 1.14 bits per heavy atom. The van der Waals surface area contributed by atoms with E-state index in [9.17, 15) is 9.59 Å². The van der Waals surface area contributed by atoms with Crippen LogP contribution in [0.25, 0.3) is 0 Å². The van der Waals surface area contributed by atoms with Crippen LogP contribution >= 0.6 is 0 Å². The van der Waals surface area contributed by atoms with Crippen molar-refractivity contribution in [1.29, 1.82) is 0 Å². The van der Waals surface area contributed by atoms with Gasteiger partial charge in [0.2, 0.25) is 0 Å². The Labute approximate surface area is 123 Å². The minimum Gasteiger partial charge on any atom is -0.453 e. The molecule has 0 radical (unpaired) electrons. The molecule has 0 spiro atoms. The molecule has 1 N–H and O–H groups in total. The minimum atomic E-state index is -0.328. The van der Waals surface area contributed by atoms with E-state index < -0.39 is 0 Å². The molecule has 0 bridgehead atoms. The third kappa shape index (κ3) is 2.66. The van der Waals surface area contributed by atoms with Gasteiger partial charge in [-0.1, -0.05) is 0 Å². The number of amides is 2. The van der Waals surface area contributed by atoms with Gasteiger partial charge in [0.05, 0.1) is 7.11 Å². The number of benzene rings is 1. The van der Waals surface area contributed by atoms with Crippen molar-refractivity contribution < 1.29 is 14.3 Å². The Bertz CT molecular complexity index is 565. The van der Waals surface area contributed by atoms with E-state index in [1.807, 2.05) is 18.2 Å². The van der Waals surface area contributed by atoms with Gasteiger partial charge in [-0.2, -0.15) is 0 Å². The van der Waals surface area contributed by atoms with Crippen molar-refractivity contribution in [1.82, 2.24) is 9.80 Å². The molecule has 0 unspecified atom stereocenters. The maximum Gasteiger partial charge on any atom is 0.409 e. The summed E-state index contributed by atoms with van der Waals surface area (Å²) in [5, 5.41) is 3.29. The molecule has 1 aromatic carbocycles. The first-order valence-electron chi connectivity index (χ1n) is 7.18. The molecule has 6 heteroatoms. The smallest absolute Gasteiger partial charge is 0.409 e. The van der Waals surface area contributed by atoms with Crippen LogP contribution in [0.5, 0.6) is 0 Å². The number of carbonyl (C=O) groups is 2. The summed E-state index contributed by atoms with van der Waals surface area (Å²) in [6.07, 6.45) is 0.637. The standard InChI is InChI=1S/C15H19N3O3/c1-21-15(20)18-8-6-17(7-9-18)14(19)12-2-3-13-11(10-12)4-5-16-13/h2-3,10,16H,4-9H2,1H3. The van der Waals surface area contributed by atoms with E-state index in [0.29, 0.717) is 26.2 Å². The van der Waals surface area contributed by atoms with Crippen LogP contribution in [0.15, 0.2) is 18.2 Å². The van der Waals surface area contributed by atoms with Gasteiger partial charge < -0.3 is 19.9 Å². The van der Waals surface area contributed by atoms with Crippen molar-refractivity contribution in [2.75, 3.05) is 45.2 Å². The summed E-state index contributed by atoms with van der Waals surface area (Å²) >= 11 is 0. The van der Waals surface area contributed by atoms with E-state index in [-0.39, 0.29) is 12.0 Å². The molecule has 0 saturated carbocycles. The normalized spacial score (nSPS) is 17.2. The monoisotopic (exact) mass is 289 g/mol. The van der Waals surface area contributed by atoms with Gasteiger partial charge >= 0.3 is 6.09 Å². The second-order valence-corrected chi connectivity index (χ2v) is 5.30. The molecular weight excluding hydrogens is 270 g/mol. The molecule has 0 aromatic heterocycles. The van der Waals surface area contributed by atoms with Crippen LogP contribution in [0.3, 0.4) is 0 Å². The van der Waals surface area contributed by atoms with Gasteiger partial charge in [-0.15, -0.1) is 0 Å². The van der Waals surface area contributed by atoms with Crippen molar-refractivity contribution in [3.05, 3.63) is 29.3 Å². The number of hydrogen-bond donors (Lipinski definition) is 1. The van der Waals surface area contributed by atoms with E-state index in [1.54, 1.807) is 9.80 Å². The van der Waals surface area contributed by atoms with Gasteiger partial charge in [0, 0.05) is 44.0 Å². The van der Waals surface area contributed by atoms with Crippen molar-refractivity contribution in [3.8, 4) is 0 Å². The minimum absolute atomic E-state index is 0.0363. The fourth-order valence-corrected chi connectivity index (χ4v) is 2.84. The zero-order chi connectivity index (χ0) is 14.8. The molecule has 0 aliphatic carbocycles. The molecule has 3 rings (SSSR count). The molecule has 0 atom stereocenters. The van der Waals surface area contributed by atoms with Gasteiger partial charge in [-0.05, 0) is 30.2 Å². The molecule has 2 aliphatic heterocycles. The summed E-state index contributed by atoms with van der Waals surface area (Å²) in [4.78, 5) is 27.4. The molecule has 112 valence electrons. The molecule has 6 nitrogen and oxygen atoms in total. The number of carbonyl (C=O) groups excluding carboxylic acids is 2. The van der Waals surface area contributed by atoms with Crippen molar-refractivity contribution in [3.63, 3.8) is 0 Å². The third-order valence-corrected chi connectivity index (χ3v) is 4.06. The van der Waals surface area contributed by atoms with Crippen LogP contribution < -0.4 is 5.32 Å². The van der Waals surface area contributed by atoms with Crippen molar-refractivity contribution in [2.24, 2.45) is 0 Å². The molecule has 2 amide bonds. The van der Waals surface area contributed by atoms with Gasteiger partial charge in [0.15, 0.2) is 0 Å². The SMILES string of the molecule is COC(=O)N1CCN(C(=O)c2ccc3c(c2)CCN3)CC1. The topological polar surface area (TPSA) is 61.9 Å². The second-order valence-electron chi connectivity index (χ2n) is 5.30. The zero-order valence-electron chi connectivity index (χ0n) is 12.1. The van der Waals surface area contributed by atoms with E-state index in [0.717, 1.165) is 24.2 Å². The first-order chi connectivity index (χ1) is 10.2. The Hall–Kier alpha value is -2.24. The second kappa shape index (κ2) is 5.63. The largest absolute Gasteiger partial charge is 0.453 e.